The molecule has 0 bridgehead atoms. The summed E-state index contributed by atoms with van der Waals surface area (Å²) in [7, 11) is -3.33. The van der Waals surface area contributed by atoms with Gasteiger partial charge in [-0.15, -0.1) is 11.6 Å². The Balaban J connectivity index is 3.62. The summed E-state index contributed by atoms with van der Waals surface area (Å²) >= 11 is 5.25. The first kappa shape index (κ1) is 12.2. The fraction of sp³-hybridized carbons (Fsp3) is 1.00. The molecule has 12 heavy (non-hydrogen) atoms. The largest absolute Gasteiger partial charge is 0.287 e. The normalized spacial score (nSPS) is 12.3. The molecule has 0 aromatic carbocycles. The summed E-state index contributed by atoms with van der Waals surface area (Å²) in [5.74, 6) is 0.247. The first-order valence-electron chi connectivity index (χ1n) is 3.65. The van der Waals surface area contributed by atoms with Crippen LogP contribution in [-0.4, -0.2) is 26.7 Å². The van der Waals surface area contributed by atoms with E-state index in [0.717, 1.165) is 0 Å². The van der Waals surface area contributed by atoms with Crippen LogP contribution in [-0.2, 0) is 14.9 Å². The van der Waals surface area contributed by atoms with Gasteiger partial charge < -0.3 is 0 Å². The van der Waals surface area contributed by atoms with Crippen molar-refractivity contribution >= 4 is 21.6 Å². The zero-order valence-electron chi connectivity index (χ0n) is 7.21. The molecule has 0 atom stereocenters. The second kappa shape index (κ2) is 5.75. The first-order valence-corrected chi connectivity index (χ1v) is 5.84. The van der Waals surface area contributed by atoms with E-state index in [9.17, 15) is 8.42 Å². The Morgan fingerprint density at radius 3 is 2.50 bits per heavy atom. The molecule has 0 unspecified atom stereocenters. The summed E-state index contributed by atoms with van der Waals surface area (Å²) in [5.41, 5.74) is 0. The molecule has 0 amide bonds. The highest BCUT2D eigenvalue weighted by atomic mass is 35.5. The number of rotatable bonds is 6. The van der Waals surface area contributed by atoms with Crippen molar-refractivity contribution in [2.75, 3.05) is 18.2 Å². The molecule has 6 heteroatoms. The highest BCUT2D eigenvalue weighted by Gasteiger charge is 2.08. The third-order valence-corrected chi connectivity index (χ3v) is 2.47. The molecule has 0 aromatic heterocycles. The predicted molar refractivity (Wildman–Crippen MR) is 48.4 cm³/mol. The van der Waals surface area contributed by atoms with Gasteiger partial charge in [-0.2, -0.15) is 0 Å². The van der Waals surface area contributed by atoms with Gasteiger partial charge in [0.05, 0.1) is 12.4 Å². The van der Waals surface area contributed by atoms with E-state index in [1.807, 2.05) is 18.7 Å². The minimum atomic E-state index is -3.33. The lowest BCUT2D eigenvalue weighted by atomic mass is 10.2. The monoisotopic (exact) mass is 215 g/mol. The van der Waals surface area contributed by atoms with Crippen molar-refractivity contribution < 1.29 is 13.3 Å². The average Bonchev–Trinajstić information content (AvgIpc) is 1.85. The molecule has 0 aromatic rings. The summed E-state index contributed by atoms with van der Waals surface area (Å²) in [4.78, 5) is 6.69. The van der Waals surface area contributed by atoms with Crippen LogP contribution < -0.4 is 4.89 Å². The van der Waals surface area contributed by atoms with Crippen LogP contribution in [0, 0.1) is 5.92 Å². The summed E-state index contributed by atoms with van der Waals surface area (Å²) in [6, 6.07) is 0. The number of nitrogens with one attached hydrogen (secondary N) is 1. The SMILES string of the molecule is CC(C)CONS(=O)(=O)CCCl. The van der Waals surface area contributed by atoms with Gasteiger partial charge in [0.25, 0.3) is 0 Å². The zero-order chi connectivity index (χ0) is 9.61. The van der Waals surface area contributed by atoms with Gasteiger partial charge in [-0.1, -0.05) is 18.7 Å². The minimum Gasteiger partial charge on any atom is -0.287 e. The maximum atomic E-state index is 10.9. The Morgan fingerprint density at radius 2 is 2.08 bits per heavy atom. The van der Waals surface area contributed by atoms with Crippen LogP contribution in [0.2, 0.25) is 0 Å². The highest BCUT2D eigenvalue weighted by molar-refractivity contribution is 7.89. The number of halogens is 1. The van der Waals surface area contributed by atoms with E-state index in [4.69, 9.17) is 16.4 Å². The molecule has 0 saturated heterocycles. The van der Waals surface area contributed by atoms with Crippen molar-refractivity contribution in [3.05, 3.63) is 0 Å². The number of sulfonamides is 1. The summed E-state index contributed by atoms with van der Waals surface area (Å²) < 4.78 is 21.8. The molecule has 0 saturated carbocycles. The van der Waals surface area contributed by atoms with Crippen molar-refractivity contribution in [1.82, 2.24) is 4.89 Å². The fourth-order valence-electron chi connectivity index (χ4n) is 0.434. The second-order valence-corrected chi connectivity index (χ2v) is 4.98. The van der Waals surface area contributed by atoms with Crippen molar-refractivity contribution in [2.45, 2.75) is 13.8 Å². The van der Waals surface area contributed by atoms with Gasteiger partial charge in [-0.25, -0.2) is 8.42 Å². The van der Waals surface area contributed by atoms with E-state index in [2.05, 4.69) is 0 Å². The summed E-state index contributed by atoms with van der Waals surface area (Å²) in [5, 5.41) is 0. The van der Waals surface area contributed by atoms with Crippen LogP contribution in [0.15, 0.2) is 0 Å². The molecule has 4 nitrogen and oxygen atoms in total. The quantitative estimate of drug-likeness (QED) is 0.525. The predicted octanol–water partition coefficient (Wildman–Crippen LogP) is 0.732. The summed E-state index contributed by atoms with van der Waals surface area (Å²) in [6.45, 7) is 4.22. The van der Waals surface area contributed by atoms with E-state index >= 15 is 0 Å². The van der Waals surface area contributed by atoms with Crippen molar-refractivity contribution in [2.24, 2.45) is 5.92 Å². The Hall–Kier alpha value is 0.160. The molecular weight excluding hydrogens is 202 g/mol. The Morgan fingerprint density at radius 1 is 1.50 bits per heavy atom. The van der Waals surface area contributed by atoms with Crippen LogP contribution in [0.1, 0.15) is 13.8 Å². The van der Waals surface area contributed by atoms with Crippen LogP contribution in [0.5, 0.6) is 0 Å². The third kappa shape index (κ3) is 6.84. The molecule has 1 N–H and O–H groups in total. The topological polar surface area (TPSA) is 55.4 Å². The standard InChI is InChI=1S/C6H14ClNO3S/c1-6(2)5-11-8-12(9,10)4-3-7/h6,8H,3-5H2,1-2H3. The molecule has 0 fully saturated rings. The maximum Gasteiger partial charge on any atom is 0.234 e. The molecule has 0 aliphatic carbocycles. The van der Waals surface area contributed by atoms with Gasteiger partial charge in [0.2, 0.25) is 10.0 Å². The Bertz CT molecular complexity index is 203. The summed E-state index contributed by atoms with van der Waals surface area (Å²) in [6.07, 6.45) is 0. The van der Waals surface area contributed by atoms with Crippen molar-refractivity contribution in [3.8, 4) is 0 Å². The van der Waals surface area contributed by atoms with E-state index < -0.39 is 10.0 Å². The smallest absolute Gasteiger partial charge is 0.234 e. The number of hydrogen-bond donors (Lipinski definition) is 1. The lowest BCUT2D eigenvalue weighted by Gasteiger charge is -2.07. The molecule has 0 aliphatic heterocycles. The van der Waals surface area contributed by atoms with Crippen LogP contribution in [0.3, 0.4) is 0 Å². The van der Waals surface area contributed by atoms with E-state index in [1.54, 1.807) is 0 Å². The average molecular weight is 216 g/mol. The van der Waals surface area contributed by atoms with E-state index in [1.165, 1.54) is 0 Å². The first-order chi connectivity index (χ1) is 5.48. The van der Waals surface area contributed by atoms with Gasteiger partial charge in [0.1, 0.15) is 0 Å². The number of alkyl halides is 1. The fourth-order valence-corrected chi connectivity index (χ4v) is 1.58. The molecular formula is C6H14ClNO3S. The Labute approximate surface area is 78.2 Å². The minimum absolute atomic E-state index is 0.0698. The number of hydrogen-bond acceptors (Lipinski definition) is 3. The molecule has 0 spiro atoms. The van der Waals surface area contributed by atoms with Gasteiger partial charge in [-0.3, -0.25) is 4.84 Å². The van der Waals surface area contributed by atoms with Crippen LogP contribution in [0.25, 0.3) is 0 Å². The maximum absolute atomic E-state index is 10.9. The highest BCUT2D eigenvalue weighted by Crippen LogP contribution is 1.92. The Kier molecular flexibility index (Phi) is 5.82. The van der Waals surface area contributed by atoms with Crippen LogP contribution >= 0.6 is 11.6 Å². The van der Waals surface area contributed by atoms with Gasteiger partial charge in [0, 0.05) is 5.88 Å². The third-order valence-electron chi connectivity index (χ3n) is 0.948. The lowest BCUT2D eigenvalue weighted by molar-refractivity contribution is 0.0720. The van der Waals surface area contributed by atoms with Crippen molar-refractivity contribution in [3.63, 3.8) is 0 Å². The lowest BCUT2D eigenvalue weighted by Crippen LogP contribution is -2.28. The molecule has 0 aliphatic rings. The molecule has 0 radical (unpaired) electrons. The molecule has 74 valence electrons. The van der Waals surface area contributed by atoms with Crippen LogP contribution in [0.4, 0.5) is 0 Å². The zero-order valence-corrected chi connectivity index (χ0v) is 8.78. The molecule has 0 heterocycles. The van der Waals surface area contributed by atoms with Gasteiger partial charge >= 0.3 is 0 Å². The second-order valence-electron chi connectivity index (χ2n) is 2.80. The van der Waals surface area contributed by atoms with Gasteiger partial charge in [0.15, 0.2) is 0 Å². The van der Waals surface area contributed by atoms with E-state index in [0.29, 0.717) is 12.5 Å². The van der Waals surface area contributed by atoms with Gasteiger partial charge in [-0.05, 0) is 5.92 Å². The van der Waals surface area contributed by atoms with E-state index in [-0.39, 0.29) is 11.6 Å². The van der Waals surface area contributed by atoms with Crippen molar-refractivity contribution in [1.29, 1.82) is 0 Å². The molecule has 0 rings (SSSR count).